The summed E-state index contributed by atoms with van der Waals surface area (Å²) in [5.41, 5.74) is 3.75. The zero-order valence-electron chi connectivity index (χ0n) is 19.1. The smallest absolute Gasteiger partial charge is 0.260 e. The van der Waals surface area contributed by atoms with E-state index < -0.39 is 0 Å². The van der Waals surface area contributed by atoms with Gasteiger partial charge in [0, 0.05) is 23.1 Å². The van der Waals surface area contributed by atoms with Gasteiger partial charge in [0.15, 0.2) is 5.13 Å². The van der Waals surface area contributed by atoms with Gasteiger partial charge in [-0.1, -0.05) is 32.9 Å². The second kappa shape index (κ2) is 9.43. The standard InChI is InChI=1S/C26H30N2O3S/c1-26(2,3)20-11-7-19(8-12-20)24(29)28(16-22-6-5-15-31-22)25-27-23(17-32-25)18-9-13-21(30-4)14-10-18/h7-14,17,22H,5-6,15-16H2,1-4H3. The Hall–Kier alpha value is -2.70. The van der Waals surface area contributed by atoms with Crippen LogP contribution in [0.15, 0.2) is 53.9 Å². The maximum Gasteiger partial charge on any atom is 0.260 e. The quantitative estimate of drug-likeness (QED) is 0.466. The number of anilines is 1. The van der Waals surface area contributed by atoms with Crippen molar-refractivity contribution in [2.45, 2.75) is 45.1 Å². The van der Waals surface area contributed by atoms with Crippen molar-refractivity contribution in [1.82, 2.24) is 4.98 Å². The van der Waals surface area contributed by atoms with Gasteiger partial charge in [0.2, 0.25) is 0 Å². The highest BCUT2D eigenvalue weighted by atomic mass is 32.1. The van der Waals surface area contributed by atoms with Crippen molar-refractivity contribution in [1.29, 1.82) is 0 Å². The lowest BCUT2D eigenvalue weighted by Crippen LogP contribution is -2.37. The van der Waals surface area contributed by atoms with Crippen LogP contribution in [0.25, 0.3) is 11.3 Å². The zero-order chi connectivity index (χ0) is 22.7. The maximum atomic E-state index is 13.5. The number of hydrogen-bond donors (Lipinski definition) is 0. The van der Waals surface area contributed by atoms with E-state index >= 15 is 0 Å². The zero-order valence-corrected chi connectivity index (χ0v) is 19.9. The molecule has 1 aliphatic rings. The molecule has 1 atom stereocenters. The highest BCUT2D eigenvalue weighted by Crippen LogP contribution is 2.31. The van der Waals surface area contributed by atoms with Crippen LogP contribution in [0.5, 0.6) is 5.75 Å². The summed E-state index contributed by atoms with van der Waals surface area (Å²) in [6.45, 7) is 7.77. The van der Waals surface area contributed by atoms with Crippen molar-refractivity contribution in [3.8, 4) is 17.0 Å². The lowest BCUT2D eigenvalue weighted by molar-refractivity contribution is 0.0917. The summed E-state index contributed by atoms with van der Waals surface area (Å²) in [5.74, 6) is 0.759. The van der Waals surface area contributed by atoms with Crippen LogP contribution in [0.2, 0.25) is 0 Å². The third-order valence-electron chi connectivity index (χ3n) is 5.76. The Morgan fingerprint density at radius 2 is 1.88 bits per heavy atom. The van der Waals surface area contributed by atoms with E-state index in [1.165, 1.54) is 16.9 Å². The number of hydrogen-bond acceptors (Lipinski definition) is 5. The number of thiazole rings is 1. The predicted molar refractivity (Wildman–Crippen MR) is 130 cm³/mol. The molecule has 3 aromatic rings. The van der Waals surface area contributed by atoms with E-state index in [9.17, 15) is 4.79 Å². The Labute approximate surface area is 194 Å². The molecule has 0 N–H and O–H groups in total. The normalized spacial score (nSPS) is 16.2. The molecule has 1 unspecified atom stereocenters. The van der Waals surface area contributed by atoms with Gasteiger partial charge in [0.05, 0.1) is 25.5 Å². The van der Waals surface area contributed by atoms with Crippen LogP contribution in [0.4, 0.5) is 5.13 Å². The number of carbonyl (C=O) groups is 1. The van der Waals surface area contributed by atoms with Crippen LogP contribution >= 0.6 is 11.3 Å². The molecule has 2 heterocycles. The Kier molecular flexibility index (Phi) is 6.63. The van der Waals surface area contributed by atoms with Gasteiger partial charge in [-0.2, -0.15) is 0 Å². The average molecular weight is 451 g/mol. The number of methoxy groups -OCH3 is 1. The van der Waals surface area contributed by atoms with Gasteiger partial charge in [-0.25, -0.2) is 4.98 Å². The summed E-state index contributed by atoms with van der Waals surface area (Å²) in [7, 11) is 1.65. The molecule has 6 heteroatoms. The van der Waals surface area contributed by atoms with Gasteiger partial charge in [0.1, 0.15) is 5.75 Å². The minimum absolute atomic E-state index is 0.0427. The Morgan fingerprint density at radius 3 is 2.47 bits per heavy atom. The van der Waals surface area contributed by atoms with E-state index in [-0.39, 0.29) is 17.4 Å². The number of ether oxygens (including phenoxy) is 2. The molecule has 1 amide bonds. The van der Waals surface area contributed by atoms with Crippen molar-refractivity contribution < 1.29 is 14.3 Å². The molecule has 2 aromatic carbocycles. The summed E-state index contributed by atoms with van der Waals surface area (Å²) >= 11 is 1.48. The minimum atomic E-state index is -0.0448. The molecule has 5 nitrogen and oxygen atoms in total. The lowest BCUT2D eigenvalue weighted by Gasteiger charge is -2.24. The highest BCUT2D eigenvalue weighted by Gasteiger charge is 2.27. The van der Waals surface area contributed by atoms with Gasteiger partial charge in [0.25, 0.3) is 5.91 Å². The molecule has 0 radical (unpaired) electrons. The van der Waals surface area contributed by atoms with Crippen LogP contribution in [-0.4, -0.2) is 37.3 Å². The van der Waals surface area contributed by atoms with Crippen LogP contribution < -0.4 is 9.64 Å². The summed E-state index contributed by atoms with van der Waals surface area (Å²) in [6, 6.07) is 15.7. The van der Waals surface area contributed by atoms with Gasteiger partial charge in [-0.05, 0) is 60.2 Å². The van der Waals surface area contributed by atoms with Crippen LogP contribution in [0, 0.1) is 0 Å². The Morgan fingerprint density at radius 1 is 1.16 bits per heavy atom. The summed E-state index contributed by atoms with van der Waals surface area (Å²) in [6.07, 6.45) is 2.03. The number of benzene rings is 2. The first-order chi connectivity index (χ1) is 15.3. The minimum Gasteiger partial charge on any atom is -0.497 e. The number of nitrogens with zero attached hydrogens (tertiary/aromatic N) is 2. The first-order valence-electron chi connectivity index (χ1n) is 11.0. The molecule has 1 fully saturated rings. The van der Waals surface area contributed by atoms with Crippen LogP contribution in [0.3, 0.4) is 0 Å². The van der Waals surface area contributed by atoms with E-state index in [1.54, 1.807) is 12.0 Å². The van der Waals surface area contributed by atoms with Crippen molar-refractivity contribution in [2.24, 2.45) is 0 Å². The molecular weight excluding hydrogens is 420 g/mol. The first kappa shape index (κ1) is 22.5. The summed E-state index contributed by atoms with van der Waals surface area (Å²) < 4.78 is 11.1. The molecule has 0 bridgehead atoms. The molecule has 1 aromatic heterocycles. The SMILES string of the molecule is COc1ccc(-c2csc(N(CC3CCCO3)C(=O)c3ccc(C(C)(C)C)cc3)n2)cc1. The molecule has 4 rings (SSSR count). The second-order valence-electron chi connectivity index (χ2n) is 9.12. The first-order valence-corrected chi connectivity index (χ1v) is 11.9. The molecule has 32 heavy (non-hydrogen) atoms. The third-order valence-corrected chi connectivity index (χ3v) is 6.63. The summed E-state index contributed by atoms with van der Waals surface area (Å²) in [4.78, 5) is 20.1. The van der Waals surface area contributed by atoms with Gasteiger partial charge in [-0.3, -0.25) is 9.69 Å². The van der Waals surface area contributed by atoms with Gasteiger partial charge < -0.3 is 9.47 Å². The molecular formula is C26H30N2O3S. The molecule has 168 valence electrons. The van der Waals surface area contributed by atoms with E-state index in [2.05, 4.69) is 20.8 Å². The van der Waals surface area contributed by atoms with E-state index in [4.69, 9.17) is 14.5 Å². The largest absolute Gasteiger partial charge is 0.497 e. The van der Waals surface area contributed by atoms with Gasteiger partial charge in [-0.15, -0.1) is 11.3 Å². The lowest BCUT2D eigenvalue weighted by atomic mass is 9.86. The molecule has 0 aliphatic carbocycles. The Balaban J connectivity index is 1.61. The maximum absolute atomic E-state index is 13.5. The van der Waals surface area contributed by atoms with Gasteiger partial charge >= 0.3 is 0 Å². The average Bonchev–Trinajstić information content (AvgIpc) is 3.49. The fourth-order valence-electron chi connectivity index (χ4n) is 3.79. The molecule has 1 aliphatic heterocycles. The molecule has 0 spiro atoms. The number of aromatic nitrogens is 1. The van der Waals surface area contributed by atoms with Crippen molar-refractivity contribution in [3.05, 3.63) is 65.0 Å². The monoisotopic (exact) mass is 450 g/mol. The Bertz CT molecular complexity index is 1050. The highest BCUT2D eigenvalue weighted by molar-refractivity contribution is 7.14. The van der Waals surface area contributed by atoms with E-state index in [1.807, 2.05) is 53.9 Å². The number of carbonyl (C=O) groups excluding carboxylic acids is 1. The summed E-state index contributed by atoms with van der Waals surface area (Å²) in [5, 5.41) is 2.69. The van der Waals surface area contributed by atoms with Crippen molar-refractivity contribution in [2.75, 3.05) is 25.2 Å². The van der Waals surface area contributed by atoms with E-state index in [0.717, 1.165) is 36.5 Å². The van der Waals surface area contributed by atoms with Crippen molar-refractivity contribution in [3.63, 3.8) is 0 Å². The molecule has 1 saturated heterocycles. The van der Waals surface area contributed by atoms with Crippen LogP contribution in [0.1, 0.15) is 49.5 Å². The number of amides is 1. The predicted octanol–water partition coefficient (Wildman–Crippen LogP) is 5.94. The number of rotatable bonds is 6. The van der Waals surface area contributed by atoms with E-state index in [0.29, 0.717) is 17.2 Å². The second-order valence-corrected chi connectivity index (χ2v) is 9.96. The topological polar surface area (TPSA) is 51.7 Å². The van der Waals surface area contributed by atoms with Crippen LogP contribution in [-0.2, 0) is 10.2 Å². The fourth-order valence-corrected chi connectivity index (χ4v) is 4.63. The van der Waals surface area contributed by atoms with Crippen molar-refractivity contribution >= 4 is 22.4 Å². The fraction of sp³-hybridized carbons (Fsp3) is 0.385. The third kappa shape index (κ3) is 5.03. The molecule has 0 saturated carbocycles.